The lowest BCUT2D eigenvalue weighted by atomic mass is 9.60. The SMILES string of the molecule is COc1cc([C@@]2(C)CCCC(C)(C)C2=O)cc(OC)c1C(C)C. The summed E-state index contributed by atoms with van der Waals surface area (Å²) in [6, 6.07) is 4.08. The third kappa shape index (κ3) is 2.98. The molecular formula is C20H30O3. The molecule has 0 aromatic heterocycles. The van der Waals surface area contributed by atoms with Crippen molar-refractivity contribution in [3.8, 4) is 11.5 Å². The second-order valence-corrected chi connectivity index (χ2v) is 7.85. The third-order valence-corrected chi connectivity index (χ3v) is 5.35. The molecule has 1 aromatic carbocycles. The van der Waals surface area contributed by atoms with Crippen molar-refractivity contribution >= 4 is 5.78 Å². The molecule has 0 bridgehead atoms. The molecule has 1 aromatic rings. The fourth-order valence-electron chi connectivity index (χ4n) is 3.96. The maximum absolute atomic E-state index is 13.1. The van der Waals surface area contributed by atoms with Crippen molar-refractivity contribution in [1.82, 2.24) is 0 Å². The summed E-state index contributed by atoms with van der Waals surface area (Å²) < 4.78 is 11.2. The van der Waals surface area contributed by atoms with Crippen LogP contribution in [0.3, 0.4) is 0 Å². The molecule has 23 heavy (non-hydrogen) atoms. The van der Waals surface area contributed by atoms with Crippen LogP contribution in [0.2, 0.25) is 0 Å². The van der Waals surface area contributed by atoms with Gasteiger partial charge in [-0.2, -0.15) is 0 Å². The summed E-state index contributed by atoms with van der Waals surface area (Å²) in [5.74, 6) is 2.23. The molecule has 128 valence electrons. The van der Waals surface area contributed by atoms with E-state index in [0.717, 1.165) is 41.9 Å². The highest BCUT2D eigenvalue weighted by Crippen LogP contribution is 2.47. The van der Waals surface area contributed by atoms with Gasteiger partial charge in [-0.05, 0) is 43.4 Å². The largest absolute Gasteiger partial charge is 0.496 e. The molecule has 0 spiro atoms. The lowest BCUT2D eigenvalue weighted by Gasteiger charge is -2.41. The van der Waals surface area contributed by atoms with Gasteiger partial charge in [0.25, 0.3) is 0 Å². The molecule has 3 nitrogen and oxygen atoms in total. The van der Waals surface area contributed by atoms with Gasteiger partial charge < -0.3 is 9.47 Å². The lowest BCUT2D eigenvalue weighted by molar-refractivity contribution is -0.135. The van der Waals surface area contributed by atoms with Gasteiger partial charge in [-0.25, -0.2) is 0 Å². The van der Waals surface area contributed by atoms with Crippen molar-refractivity contribution in [2.24, 2.45) is 5.41 Å². The van der Waals surface area contributed by atoms with Crippen molar-refractivity contribution in [3.05, 3.63) is 23.3 Å². The highest BCUT2D eigenvalue weighted by atomic mass is 16.5. The zero-order chi connectivity index (χ0) is 17.4. The quantitative estimate of drug-likeness (QED) is 0.795. The molecule has 1 fully saturated rings. The van der Waals surface area contributed by atoms with Gasteiger partial charge in [-0.15, -0.1) is 0 Å². The van der Waals surface area contributed by atoms with Crippen molar-refractivity contribution in [1.29, 1.82) is 0 Å². The van der Waals surface area contributed by atoms with Crippen LogP contribution in [0.15, 0.2) is 12.1 Å². The average molecular weight is 318 g/mol. The first kappa shape index (κ1) is 17.8. The molecule has 2 rings (SSSR count). The number of ketones is 1. The maximum atomic E-state index is 13.1. The monoisotopic (exact) mass is 318 g/mol. The van der Waals surface area contributed by atoms with E-state index in [2.05, 4.69) is 34.6 Å². The molecule has 0 radical (unpaired) electrons. The van der Waals surface area contributed by atoms with Gasteiger partial charge in [0.2, 0.25) is 0 Å². The minimum Gasteiger partial charge on any atom is -0.496 e. The first-order valence-corrected chi connectivity index (χ1v) is 8.48. The predicted octanol–water partition coefficient (Wildman–Crippen LogP) is 4.86. The Hall–Kier alpha value is -1.51. The molecule has 0 amide bonds. The van der Waals surface area contributed by atoms with Gasteiger partial charge in [0.15, 0.2) is 0 Å². The second-order valence-electron chi connectivity index (χ2n) is 7.85. The van der Waals surface area contributed by atoms with E-state index in [9.17, 15) is 4.79 Å². The summed E-state index contributed by atoms with van der Waals surface area (Å²) in [5.41, 5.74) is 1.32. The van der Waals surface area contributed by atoms with Gasteiger partial charge in [0.05, 0.1) is 19.6 Å². The minimum atomic E-state index is -0.474. The maximum Gasteiger partial charge on any atom is 0.148 e. The molecule has 1 aliphatic rings. The predicted molar refractivity (Wildman–Crippen MR) is 93.6 cm³/mol. The molecule has 1 atom stereocenters. The number of Topliss-reactive ketones (excluding diaryl/α,β-unsaturated/α-hetero) is 1. The smallest absolute Gasteiger partial charge is 0.148 e. The normalized spacial score (nSPS) is 23.9. The number of ether oxygens (including phenoxy) is 2. The van der Waals surface area contributed by atoms with E-state index in [1.54, 1.807) is 14.2 Å². The molecule has 1 aliphatic carbocycles. The van der Waals surface area contributed by atoms with Gasteiger partial charge in [-0.3, -0.25) is 4.79 Å². The summed E-state index contributed by atoms with van der Waals surface area (Å²) in [4.78, 5) is 13.1. The molecular weight excluding hydrogens is 288 g/mol. The Morgan fingerprint density at radius 2 is 1.52 bits per heavy atom. The highest BCUT2D eigenvalue weighted by Gasteiger charge is 2.46. The summed E-state index contributed by atoms with van der Waals surface area (Å²) in [7, 11) is 3.36. The molecule has 0 aliphatic heterocycles. The van der Waals surface area contributed by atoms with Gasteiger partial charge in [-0.1, -0.05) is 34.1 Å². The Bertz CT molecular complexity index is 576. The number of hydrogen-bond acceptors (Lipinski definition) is 3. The van der Waals surface area contributed by atoms with Crippen molar-refractivity contribution in [2.75, 3.05) is 14.2 Å². The van der Waals surface area contributed by atoms with Crippen LogP contribution in [-0.2, 0) is 10.2 Å². The standard InChI is InChI=1S/C20H30O3/c1-13(2)17-15(22-6)11-14(12-16(17)23-7)20(5)10-8-9-19(3,4)18(20)21/h11-13H,8-10H2,1-7H3/t20-/m1/s1. The number of carbonyl (C=O) groups is 1. The van der Waals surface area contributed by atoms with E-state index in [1.165, 1.54) is 0 Å². The van der Waals surface area contributed by atoms with Crippen molar-refractivity contribution in [3.63, 3.8) is 0 Å². The van der Waals surface area contributed by atoms with Crippen LogP contribution < -0.4 is 9.47 Å². The third-order valence-electron chi connectivity index (χ3n) is 5.35. The Balaban J connectivity index is 2.61. The first-order chi connectivity index (χ1) is 10.7. The fraction of sp³-hybridized carbons (Fsp3) is 0.650. The molecule has 0 saturated heterocycles. The van der Waals surface area contributed by atoms with Gasteiger partial charge in [0.1, 0.15) is 17.3 Å². The van der Waals surface area contributed by atoms with Crippen LogP contribution in [-0.4, -0.2) is 20.0 Å². The molecule has 1 saturated carbocycles. The van der Waals surface area contributed by atoms with Crippen LogP contribution in [0.5, 0.6) is 11.5 Å². The van der Waals surface area contributed by atoms with Crippen LogP contribution >= 0.6 is 0 Å². The van der Waals surface area contributed by atoms with E-state index >= 15 is 0 Å². The van der Waals surface area contributed by atoms with Crippen molar-refractivity contribution < 1.29 is 14.3 Å². The highest BCUT2D eigenvalue weighted by molar-refractivity contribution is 5.95. The van der Waals surface area contributed by atoms with E-state index < -0.39 is 5.41 Å². The van der Waals surface area contributed by atoms with E-state index in [-0.39, 0.29) is 5.41 Å². The number of methoxy groups -OCH3 is 2. The van der Waals surface area contributed by atoms with E-state index in [0.29, 0.717) is 11.7 Å². The second kappa shape index (κ2) is 6.18. The van der Waals surface area contributed by atoms with E-state index in [1.807, 2.05) is 12.1 Å². The number of benzene rings is 1. The lowest BCUT2D eigenvalue weighted by Crippen LogP contribution is -2.45. The number of rotatable bonds is 4. The Kier molecular flexibility index (Phi) is 4.79. The summed E-state index contributed by atoms with van der Waals surface area (Å²) in [6.07, 6.45) is 2.90. The topological polar surface area (TPSA) is 35.5 Å². The summed E-state index contributed by atoms with van der Waals surface area (Å²) >= 11 is 0. The summed E-state index contributed by atoms with van der Waals surface area (Å²) in [5, 5.41) is 0. The Morgan fingerprint density at radius 1 is 1.00 bits per heavy atom. The van der Waals surface area contributed by atoms with Crippen LogP contribution in [0.1, 0.15) is 70.9 Å². The molecule has 3 heteroatoms. The number of hydrogen-bond donors (Lipinski definition) is 0. The fourth-order valence-corrected chi connectivity index (χ4v) is 3.96. The average Bonchev–Trinajstić information content (AvgIpc) is 2.50. The number of carbonyl (C=O) groups excluding carboxylic acids is 1. The minimum absolute atomic E-state index is 0.274. The Labute approximate surface area is 140 Å². The van der Waals surface area contributed by atoms with Crippen LogP contribution in [0.4, 0.5) is 0 Å². The van der Waals surface area contributed by atoms with Crippen LogP contribution in [0.25, 0.3) is 0 Å². The molecule has 0 N–H and O–H groups in total. The van der Waals surface area contributed by atoms with Crippen molar-refractivity contribution in [2.45, 2.75) is 65.2 Å². The van der Waals surface area contributed by atoms with E-state index in [4.69, 9.17) is 9.47 Å². The van der Waals surface area contributed by atoms with Gasteiger partial charge >= 0.3 is 0 Å². The molecule has 0 unspecified atom stereocenters. The summed E-state index contributed by atoms with van der Waals surface area (Å²) in [6.45, 7) is 10.4. The Morgan fingerprint density at radius 3 is 1.96 bits per heavy atom. The zero-order valence-corrected chi connectivity index (χ0v) is 15.6. The zero-order valence-electron chi connectivity index (χ0n) is 15.6. The molecule has 0 heterocycles. The van der Waals surface area contributed by atoms with Gasteiger partial charge in [0, 0.05) is 11.0 Å². The van der Waals surface area contributed by atoms with Crippen LogP contribution in [0, 0.1) is 5.41 Å². The first-order valence-electron chi connectivity index (χ1n) is 8.48.